The van der Waals surface area contributed by atoms with E-state index in [9.17, 15) is 9.59 Å². The van der Waals surface area contributed by atoms with Gasteiger partial charge in [-0.15, -0.1) is 0 Å². The van der Waals surface area contributed by atoms with Gasteiger partial charge in [-0.2, -0.15) is 0 Å². The van der Waals surface area contributed by atoms with Crippen molar-refractivity contribution in [3.63, 3.8) is 0 Å². The number of amides is 1. The van der Waals surface area contributed by atoms with Gasteiger partial charge in [0.25, 0.3) is 5.91 Å². The van der Waals surface area contributed by atoms with E-state index in [4.69, 9.17) is 5.11 Å². The smallest absolute Gasteiger partial charge is 0.326 e. The van der Waals surface area contributed by atoms with E-state index >= 15 is 0 Å². The highest BCUT2D eigenvalue weighted by Gasteiger charge is 2.34. The first kappa shape index (κ1) is 10.7. The highest BCUT2D eigenvalue weighted by atomic mass is 16.4. The summed E-state index contributed by atoms with van der Waals surface area (Å²) in [6, 6.07) is 4.72. The third-order valence-electron chi connectivity index (χ3n) is 3.11. The molecule has 84 valence electrons. The molecule has 16 heavy (non-hydrogen) atoms. The van der Waals surface area contributed by atoms with Gasteiger partial charge in [0.05, 0.1) is 0 Å². The number of aliphatic carboxylic acids is 1. The zero-order chi connectivity index (χ0) is 11.9. The number of carboxylic acid groups (broad SMARTS) is 1. The molecule has 4 heteroatoms. The fraction of sp³-hybridized carbons (Fsp3) is 0.333. The first-order valence-electron chi connectivity index (χ1n) is 5.11. The minimum Gasteiger partial charge on any atom is -0.480 e. The minimum atomic E-state index is -0.954. The van der Waals surface area contributed by atoms with Crippen molar-refractivity contribution >= 4 is 11.9 Å². The average molecular weight is 219 g/mol. The molecule has 0 saturated carbocycles. The number of hydrogen-bond donors (Lipinski definition) is 1. The van der Waals surface area contributed by atoms with Gasteiger partial charge >= 0.3 is 5.97 Å². The van der Waals surface area contributed by atoms with Crippen LogP contribution in [-0.4, -0.2) is 35.0 Å². The van der Waals surface area contributed by atoms with Crippen molar-refractivity contribution in [3.05, 3.63) is 34.9 Å². The fourth-order valence-electron chi connectivity index (χ4n) is 2.09. The van der Waals surface area contributed by atoms with Crippen molar-refractivity contribution in [2.75, 3.05) is 7.05 Å². The lowest BCUT2D eigenvalue weighted by Crippen LogP contribution is -2.47. The number of carboxylic acids is 1. The van der Waals surface area contributed by atoms with Crippen LogP contribution < -0.4 is 0 Å². The second kappa shape index (κ2) is 3.63. The van der Waals surface area contributed by atoms with Gasteiger partial charge in [-0.3, -0.25) is 4.79 Å². The van der Waals surface area contributed by atoms with Gasteiger partial charge in [-0.05, 0) is 24.1 Å². The van der Waals surface area contributed by atoms with Crippen molar-refractivity contribution in [3.8, 4) is 0 Å². The zero-order valence-corrected chi connectivity index (χ0v) is 9.23. The topological polar surface area (TPSA) is 57.6 Å². The Hall–Kier alpha value is -1.84. The monoisotopic (exact) mass is 219 g/mol. The van der Waals surface area contributed by atoms with E-state index in [0.29, 0.717) is 12.0 Å². The number of carbonyl (C=O) groups is 2. The van der Waals surface area contributed by atoms with Gasteiger partial charge in [-0.25, -0.2) is 4.79 Å². The van der Waals surface area contributed by atoms with E-state index in [-0.39, 0.29) is 5.91 Å². The SMILES string of the molecule is Cc1cccc2c1CC(C(=O)O)N(C)C2=O. The second-order valence-corrected chi connectivity index (χ2v) is 4.08. The summed E-state index contributed by atoms with van der Waals surface area (Å²) in [5.41, 5.74) is 2.46. The second-order valence-electron chi connectivity index (χ2n) is 4.08. The van der Waals surface area contributed by atoms with Crippen molar-refractivity contribution < 1.29 is 14.7 Å². The Balaban J connectivity index is 2.53. The van der Waals surface area contributed by atoms with Gasteiger partial charge in [-0.1, -0.05) is 12.1 Å². The van der Waals surface area contributed by atoms with Crippen molar-refractivity contribution in [1.29, 1.82) is 0 Å². The first-order valence-corrected chi connectivity index (χ1v) is 5.11. The van der Waals surface area contributed by atoms with Gasteiger partial charge in [0.1, 0.15) is 6.04 Å². The van der Waals surface area contributed by atoms with E-state index < -0.39 is 12.0 Å². The molecule has 1 aliphatic rings. The largest absolute Gasteiger partial charge is 0.480 e. The van der Waals surface area contributed by atoms with Crippen LogP contribution in [0.1, 0.15) is 21.5 Å². The van der Waals surface area contributed by atoms with Crippen molar-refractivity contribution in [2.24, 2.45) is 0 Å². The third kappa shape index (κ3) is 1.46. The molecule has 1 aliphatic heterocycles. The van der Waals surface area contributed by atoms with Crippen LogP contribution in [0.5, 0.6) is 0 Å². The van der Waals surface area contributed by atoms with E-state index in [1.165, 1.54) is 11.9 Å². The molecular formula is C12H13NO3. The summed E-state index contributed by atoms with van der Waals surface area (Å²) < 4.78 is 0. The van der Waals surface area contributed by atoms with Crippen LogP contribution in [0.4, 0.5) is 0 Å². The molecule has 1 heterocycles. The summed E-state index contributed by atoms with van der Waals surface area (Å²) in [6.07, 6.45) is 0.388. The number of carbonyl (C=O) groups excluding carboxylic acids is 1. The molecule has 1 atom stereocenters. The Morgan fingerprint density at radius 2 is 2.19 bits per heavy atom. The van der Waals surface area contributed by atoms with Gasteiger partial charge in [0.2, 0.25) is 0 Å². The molecule has 1 N–H and O–H groups in total. The molecule has 2 rings (SSSR count). The molecular weight excluding hydrogens is 206 g/mol. The molecule has 0 fully saturated rings. The summed E-state index contributed by atoms with van der Waals surface area (Å²) in [5, 5.41) is 9.05. The zero-order valence-electron chi connectivity index (χ0n) is 9.23. The maximum absolute atomic E-state index is 11.9. The molecule has 0 bridgehead atoms. The molecule has 0 radical (unpaired) electrons. The molecule has 1 aromatic carbocycles. The normalized spacial score (nSPS) is 19.5. The van der Waals surface area contributed by atoms with Crippen molar-refractivity contribution in [2.45, 2.75) is 19.4 Å². The van der Waals surface area contributed by atoms with Gasteiger partial charge in [0, 0.05) is 19.0 Å². The number of likely N-dealkylation sites (N-methyl/N-ethyl adjacent to an activating group) is 1. The number of nitrogens with zero attached hydrogens (tertiary/aromatic N) is 1. The highest BCUT2D eigenvalue weighted by Crippen LogP contribution is 2.24. The quantitative estimate of drug-likeness (QED) is 0.768. The Morgan fingerprint density at radius 1 is 1.50 bits per heavy atom. The maximum atomic E-state index is 11.9. The Morgan fingerprint density at radius 3 is 2.81 bits per heavy atom. The molecule has 0 saturated heterocycles. The summed E-state index contributed by atoms with van der Waals surface area (Å²) >= 11 is 0. The van der Waals surface area contributed by atoms with Crippen LogP contribution in [0.3, 0.4) is 0 Å². The number of fused-ring (bicyclic) bond motifs is 1. The van der Waals surface area contributed by atoms with Crippen LogP contribution in [-0.2, 0) is 11.2 Å². The number of rotatable bonds is 1. The Kier molecular flexibility index (Phi) is 2.42. The predicted molar refractivity (Wildman–Crippen MR) is 58.4 cm³/mol. The summed E-state index contributed by atoms with van der Waals surface area (Å²) in [6.45, 7) is 1.90. The standard InChI is InChI=1S/C12H13NO3/c1-7-4-3-5-8-9(7)6-10(12(15)16)13(2)11(8)14/h3-5,10H,6H2,1-2H3,(H,15,16). The Labute approximate surface area is 93.5 Å². The van der Waals surface area contributed by atoms with Crippen LogP contribution >= 0.6 is 0 Å². The Bertz CT molecular complexity index is 467. The van der Waals surface area contributed by atoms with E-state index in [2.05, 4.69) is 0 Å². The summed E-state index contributed by atoms with van der Waals surface area (Å²) in [5.74, 6) is -1.16. The number of benzene rings is 1. The lowest BCUT2D eigenvalue weighted by molar-refractivity contribution is -0.142. The summed E-state index contributed by atoms with van der Waals surface area (Å²) in [7, 11) is 1.53. The van der Waals surface area contributed by atoms with Crippen LogP contribution in [0.25, 0.3) is 0 Å². The molecule has 1 unspecified atom stereocenters. The molecule has 1 aromatic rings. The fourth-order valence-corrected chi connectivity index (χ4v) is 2.09. The predicted octanol–water partition coefficient (Wildman–Crippen LogP) is 1.08. The van der Waals surface area contributed by atoms with Gasteiger partial charge < -0.3 is 10.0 Å². The lowest BCUT2D eigenvalue weighted by Gasteiger charge is -2.31. The van der Waals surface area contributed by atoms with E-state index in [1.54, 1.807) is 6.07 Å². The maximum Gasteiger partial charge on any atom is 0.326 e. The lowest BCUT2D eigenvalue weighted by atomic mass is 9.90. The highest BCUT2D eigenvalue weighted by molar-refractivity contribution is 5.99. The molecule has 4 nitrogen and oxygen atoms in total. The van der Waals surface area contributed by atoms with E-state index in [0.717, 1.165) is 11.1 Å². The average Bonchev–Trinajstić information content (AvgIpc) is 2.23. The molecule has 0 aromatic heterocycles. The van der Waals surface area contributed by atoms with Gasteiger partial charge in [0.15, 0.2) is 0 Å². The van der Waals surface area contributed by atoms with E-state index in [1.807, 2.05) is 19.1 Å². The first-order chi connectivity index (χ1) is 7.52. The van der Waals surface area contributed by atoms with Crippen molar-refractivity contribution in [1.82, 2.24) is 4.90 Å². The molecule has 0 aliphatic carbocycles. The molecule has 0 spiro atoms. The van der Waals surface area contributed by atoms with Crippen LogP contribution in [0.15, 0.2) is 18.2 Å². The van der Waals surface area contributed by atoms with Crippen LogP contribution in [0.2, 0.25) is 0 Å². The third-order valence-corrected chi connectivity index (χ3v) is 3.11. The molecule has 1 amide bonds. The number of aryl methyl sites for hydroxylation is 1. The van der Waals surface area contributed by atoms with Crippen LogP contribution in [0, 0.1) is 6.92 Å². The summed E-state index contributed by atoms with van der Waals surface area (Å²) in [4.78, 5) is 24.3. The number of hydrogen-bond acceptors (Lipinski definition) is 2. The minimum absolute atomic E-state index is 0.211.